The second kappa shape index (κ2) is 6.84. The highest BCUT2D eigenvalue weighted by atomic mass is 32.2. The van der Waals surface area contributed by atoms with E-state index in [2.05, 4.69) is 4.72 Å². The van der Waals surface area contributed by atoms with Gasteiger partial charge < -0.3 is 4.90 Å². The number of carbonyl (C=O) groups excluding carboxylic acids is 1. The Morgan fingerprint density at radius 1 is 1.24 bits per heavy atom. The number of aryl methyl sites for hydroxylation is 1. The highest BCUT2D eigenvalue weighted by Crippen LogP contribution is 2.31. The normalized spacial score (nSPS) is 13.6. The standard InChI is InChI=1S/C18H19FN2O3S/c1-13(22)21-10-8-15-6-7-16(12-18(15)21)20-25(23,24)11-9-14-4-2-3-5-17(14)19/h2-7,12,20H,8-11H2,1H3. The van der Waals surface area contributed by atoms with Crippen molar-refractivity contribution in [2.45, 2.75) is 19.8 Å². The molecule has 0 saturated heterocycles. The molecule has 0 spiro atoms. The van der Waals surface area contributed by atoms with E-state index in [0.717, 1.165) is 17.7 Å². The minimum absolute atomic E-state index is 0.0710. The van der Waals surface area contributed by atoms with Crippen molar-refractivity contribution in [3.63, 3.8) is 0 Å². The molecule has 1 aliphatic rings. The van der Waals surface area contributed by atoms with E-state index < -0.39 is 15.8 Å². The van der Waals surface area contributed by atoms with E-state index in [0.29, 0.717) is 17.8 Å². The number of rotatable bonds is 5. The highest BCUT2D eigenvalue weighted by Gasteiger charge is 2.23. The molecule has 0 saturated carbocycles. The summed E-state index contributed by atoms with van der Waals surface area (Å²) in [4.78, 5) is 13.3. The molecule has 1 amide bonds. The molecule has 7 heteroatoms. The fourth-order valence-electron chi connectivity index (χ4n) is 2.95. The second-order valence-corrected chi connectivity index (χ2v) is 7.87. The van der Waals surface area contributed by atoms with E-state index in [9.17, 15) is 17.6 Å². The van der Waals surface area contributed by atoms with Crippen LogP contribution >= 0.6 is 0 Å². The molecule has 5 nitrogen and oxygen atoms in total. The zero-order valence-corrected chi connectivity index (χ0v) is 14.6. The minimum atomic E-state index is -3.62. The summed E-state index contributed by atoms with van der Waals surface area (Å²) in [6.45, 7) is 2.09. The number of anilines is 2. The monoisotopic (exact) mass is 362 g/mol. The molecular weight excluding hydrogens is 343 g/mol. The average Bonchev–Trinajstić information content (AvgIpc) is 2.97. The van der Waals surface area contributed by atoms with Gasteiger partial charge in [-0.3, -0.25) is 9.52 Å². The topological polar surface area (TPSA) is 66.5 Å². The molecule has 0 radical (unpaired) electrons. The number of benzene rings is 2. The Labute approximate surface area is 146 Å². The lowest BCUT2D eigenvalue weighted by Crippen LogP contribution is -2.26. The van der Waals surface area contributed by atoms with Crippen LogP contribution in [0, 0.1) is 5.82 Å². The maximum atomic E-state index is 13.6. The van der Waals surface area contributed by atoms with Gasteiger partial charge in [-0.2, -0.15) is 0 Å². The molecule has 1 aliphatic heterocycles. The zero-order chi connectivity index (χ0) is 18.0. The fourth-order valence-corrected chi connectivity index (χ4v) is 4.02. The maximum Gasteiger partial charge on any atom is 0.233 e. The highest BCUT2D eigenvalue weighted by molar-refractivity contribution is 7.92. The van der Waals surface area contributed by atoms with E-state index in [1.165, 1.54) is 13.0 Å². The third-order valence-electron chi connectivity index (χ3n) is 4.23. The number of hydrogen-bond acceptors (Lipinski definition) is 3. The van der Waals surface area contributed by atoms with Gasteiger partial charge >= 0.3 is 0 Å². The quantitative estimate of drug-likeness (QED) is 0.889. The summed E-state index contributed by atoms with van der Waals surface area (Å²) < 4.78 is 40.7. The lowest BCUT2D eigenvalue weighted by molar-refractivity contribution is -0.116. The van der Waals surface area contributed by atoms with Gasteiger partial charge in [-0.05, 0) is 42.2 Å². The molecule has 0 atom stereocenters. The van der Waals surface area contributed by atoms with Crippen LogP contribution in [0.2, 0.25) is 0 Å². The largest absolute Gasteiger partial charge is 0.312 e. The van der Waals surface area contributed by atoms with Crippen LogP contribution in [0.1, 0.15) is 18.1 Å². The molecule has 132 valence electrons. The molecule has 1 heterocycles. The van der Waals surface area contributed by atoms with Gasteiger partial charge in [0.2, 0.25) is 15.9 Å². The lowest BCUT2D eigenvalue weighted by atomic mass is 10.1. The average molecular weight is 362 g/mol. The molecule has 0 fully saturated rings. The van der Waals surface area contributed by atoms with Crippen LogP contribution in [0.5, 0.6) is 0 Å². The summed E-state index contributed by atoms with van der Waals surface area (Å²) in [6.07, 6.45) is 0.849. The third-order valence-corrected chi connectivity index (χ3v) is 5.52. The van der Waals surface area contributed by atoms with Crippen LogP contribution in [0.25, 0.3) is 0 Å². The van der Waals surface area contributed by atoms with Crippen LogP contribution < -0.4 is 9.62 Å². The summed E-state index contributed by atoms with van der Waals surface area (Å²) in [5, 5.41) is 0. The Kier molecular flexibility index (Phi) is 4.76. The first kappa shape index (κ1) is 17.4. The van der Waals surface area contributed by atoms with E-state index >= 15 is 0 Å². The van der Waals surface area contributed by atoms with Crippen molar-refractivity contribution in [3.05, 3.63) is 59.4 Å². The van der Waals surface area contributed by atoms with Gasteiger partial charge in [-0.1, -0.05) is 24.3 Å². The van der Waals surface area contributed by atoms with Crippen molar-refractivity contribution in [2.75, 3.05) is 21.9 Å². The summed E-state index contributed by atoms with van der Waals surface area (Å²) >= 11 is 0. The van der Waals surface area contributed by atoms with Crippen LogP contribution in [0.15, 0.2) is 42.5 Å². The third kappa shape index (κ3) is 3.99. The predicted octanol–water partition coefficient (Wildman–Crippen LogP) is 2.72. The summed E-state index contributed by atoms with van der Waals surface area (Å²) in [7, 11) is -3.62. The van der Waals surface area contributed by atoms with Gasteiger partial charge in [-0.15, -0.1) is 0 Å². The van der Waals surface area contributed by atoms with E-state index in [1.54, 1.807) is 35.2 Å². The number of fused-ring (bicyclic) bond motifs is 1. The Hall–Kier alpha value is -2.41. The number of nitrogens with one attached hydrogen (secondary N) is 1. The Morgan fingerprint density at radius 3 is 2.72 bits per heavy atom. The van der Waals surface area contributed by atoms with E-state index in [1.807, 2.05) is 6.07 Å². The van der Waals surface area contributed by atoms with Gasteiger partial charge in [0, 0.05) is 19.2 Å². The van der Waals surface area contributed by atoms with Crippen molar-refractivity contribution in [1.82, 2.24) is 0 Å². The predicted molar refractivity (Wildman–Crippen MR) is 95.7 cm³/mol. The molecule has 25 heavy (non-hydrogen) atoms. The molecule has 3 rings (SSSR count). The molecule has 2 aromatic carbocycles. The number of halogens is 1. The Bertz CT molecular complexity index is 912. The van der Waals surface area contributed by atoms with Crippen LogP contribution in [0.3, 0.4) is 0 Å². The van der Waals surface area contributed by atoms with Gasteiger partial charge in [0.05, 0.1) is 11.4 Å². The number of sulfonamides is 1. The minimum Gasteiger partial charge on any atom is -0.312 e. The van der Waals surface area contributed by atoms with Crippen molar-refractivity contribution in [1.29, 1.82) is 0 Å². The van der Waals surface area contributed by atoms with E-state index in [-0.39, 0.29) is 18.1 Å². The Balaban J connectivity index is 1.72. The van der Waals surface area contributed by atoms with Gasteiger partial charge in [-0.25, -0.2) is 12.8 Å². The van der Waals surface area contributed by atoms with Crippen LogP contribution in [-0.4, -0.2) is 26.6 Å². The summed E-state index contributed by atoms with van der Waals surface area (Å²) in [5.41, 5.74) is 2.52. The number of nitrogens with zero attached hydrogens (tertiary/aromatic N) is 1. The van der Waals surface area contributed by atoms with Crippen molar-refractivity contribution < 1.29 is 17.6 Å². The lowest BCUT2D eigenvalue weighted by Gasteiger charge is -2.16. The Morgan fingerprint density at radius 2 is 2.00 bits per heavy atom. The smallest absolute Gasteiger partial charge is 0.233 e. The van der Waals surface area contributed by atoms with Crippen LogP contribution in [-0.2, 0) is 27.7 Å². The number of hydrogen-bond donors (Lipinski definition) is 1. The van der Waals surface area contributed by atoms with Gasteiger partial charge in [0.15, 0.2) is 0 Å². The van der Waals surface area contributed by atoms with Crippen molar-refractivity contribution in [2.24, 2.45) is 0 Å². The number of carbonyl (C=O) groups is 1. The molecule has 0 aliphatic carbocycles. The maximum absolute atomic E-state index is 13.6. The first-order valence-corrected chi connectivity index (χ1v) is 9.66. The first-order valence-electron chi connectivity index (χ1n) is 8.01. The molecule has 2 aromatic rings. The summed E-state index contributed by atoms with van der Waals surface area (Å²) in [6, 6.07) is 11.3. The number of amides is 1. The van der Waals surface area contributed by atoms with Crippen molar-refractivity contribution >= 4 is 27.3 Å². The van der Waals surface area contributed by atoms with Gasteiger partial charge in [0.25, 0.3) is 0 Å². The molecule has 0 aromatic heterocycles. The first-order chi connectivity index (χ1) is 11.9. The molecule has 1 N–H and O–H groups in total. The van der Waals surface area contributed by atoms with Crippen molar-refractivity contribution in [3.8, 4) is 0 Å². The second-order valence-electron chi connectivity index (χ2n) is 6.03. The molecule has 0 unspecified atom stereocenters. The molecule has 0 bridgehead atoms. The molecular formula is C18H19FN2O3S. The van der Waals surface area contributed by atoms with Crippen LogP contribution in [0.4, 0.5) is 15.8 Å². The zero-order valence-electron chi connectivity index (χ0n) is 13.8. The van der Waals surface area contributed by atoms with Gasteiger partial charge in [0.1, 0.15) is 5.82 Å². The van der Waals surface area contributed by atoms with E-state index in [4.69, 9.17) is 0 Å². The summed E-state index contributed by atoms with van der Waals surface area (Å²) in [5.74, 6) is -0.702. The fraction of sp³-hybridized carbons (Fsp3) is 0.278. The SMILES string of the molecule is CC(=O)N1CCc2ccc(NS(=O)(=O)CCc3ccccc3F)cc21.